The van der Waals surface area contributed by atoms with Crippen LogP contribution in [0.1, 0.15) is 31.2 Å². The van der Waals surface area contributed by atoms with E-state index in [1.54, 1.807) is 7.11 Å². The zero-order valence-corrected chi connectivity index (χ0v) is 12.7. The molecule has 2 fully saturated rings. The van der Waals surface area contributed by atoms with Crippen LogP contribution in [-0.4, -0.2) is 29.9 Å². The van der Waals surface area contributed by atoms with Crippen LogP contribution in [0.3, 0.4) is 0 Å². The number of rotatable bonds is 3. The van der Waals surface area contributed by atoms with Gasteiger partial charge in [-0.05, 0) is 49.4 Å². The summed E-state index contributed by atoms with van der Waals surface area (Å²) in [6.45, 7) is 0. The summed E-state index contributed by atoms with van der Waals surface area (Å²) in [7, 11) is 1.67. The van der Waals surface area contributed by atoms with E-state index < -0.39 is 5.60 Å². The Labute approximate surface area is 122 Å². The molecule has 0 aromatic heterocycles. The predicted octanol–water partition coefficient (Wildman–Crippen LogP) is 2.65. The van der Waals surface area contributed by atoms with E-state index in [1.165, 1.54) is 12.8 Å². The van der Waals surface area contributed by atoms with Crippen molar-refractivity contribution >= 4 is 15.9 Å². The minimum atomic E-state index is -0.577. The van der Waals surface area contributed by atoms with Crippen molar-refractivity contribution in [1.29, 1.82) is 0 Å². The quantitative estimate of drug-likeness (QED) is 0.897. The number of hydrogen-bond acceptors (Lipinski definition) is 3. The monoisotopic (exact) mass is 325 g/mol. The van der Waals surface area contributed by atoms with Crippen molar-refractivity contribution in [3.63, 3.8) is 0 Å². The van der Waals surface area contributed by atoms with Gasteiger partial charge in [0.15, 0.2) is 0 Å². The summed E-state index contributed by atoms with van der Waals surface area (Å²) < 4.78 is 6.32. The molecule has 3 rings (SSSR count). The number of benzene rings is 1. The maximum Gasteiger partial charge on any atom is 0.119 e. The number of fused-ring (bicyclic) bond motifs is 2. The SMILES string of the molecule is COc1ccc(Br)c(CC2(O)CC3CCC(C2)N3)c1. The van der Waals surface area contributed by atoms with Gasteiger partial charge in [-0.1, -0.05) is 15.9 Å². The van der Waals surface area contributed by atoms with Crippen LogP contribution in [0.4, 0.5) is 0 Å². The van der Waals surface area contributed by atoms with Gasteiger partial charge in [0.1, 0.15) is 5.75 Å². The molecule has 2 aliphatic heterocycles. The van der Waals surface area contributed by atoms with E-state index >= 15 is 0 Å². The first-order valence-corrected chi connectivity index (χ1v) is 7.68. The highest BCUT2D eigenvalue weighted by Gasteiger charge is 2.42. The summed E-state index contributed by atoms with van der Waals surface area (Å²) in [6.07, 6.45) is 4.80. The Morgan fingerprint density at radius 3 is 2.68 bits per heavy atom. The lowest BCUT2D eigenvalue weighted by molar-refractivity contribution is -0.00623. The lowest BCUT2D eigenvalue weighted by Gasteiger charge is -2.37. The average molecular weight is 326 g/mol. The molecule has 2 atom stereocenters. The Hall–Kier alpha value is -0.580. The molecule has 104 valence electrons. The van der Waals surface area contributed by atoms with Gasteiger partial charge in [-0.3, -0.25) is 0 Å². The lowest BCUT2D eigenvalue weighted by Crippen LogP contribution is -2.49. The number of piperidine rings is 1. The lowest BCUT2D eigenvalue weighted by atomic mass is 9.82. The smallest absolute Gasteiger partial charge is 0.119 e. The molecule has 0 radical (unpaired) electrons. The summed E-state index contributed by atoms with van der Waals surface area (Å²) in [5, 5.41) is 14.5. The highest BCUT2D eigenvalue weighted by molar-refractivity contribution is 9.10. The minimum absolute atomic E-state index is 0.494. The molecule has 1 aromatic carbocycles. The van der Waals surface area contributed by atoms with Crippen molar-refractivity contribution in [3.05, 3.63) is 28.2 Å². The number of methoxy groups -OCH3 is 1. The van der Waals surface area contributed by atoms with E-state index in [1.807, 2.05) is 18.2 Å². The van der Waals surface area contributed by atoms with E-state index in [-0.39, 0.29) is 0 Å². The molecule has 0 amide bonds. The van der Waals surface area contributed by atoms with Crippen LogP contribution in [0.15, 0.2) is 22.7 Å². The second-order valence-corrected chi connectivity index (χ2v) is 6.76. The first-order chi connectivity index (χ1) is 9.08. The van der Waals surface area contributed by atoms with Gasteiger partial charge in [-0.15, -0.1) is 0 Å². The van der Waals surface area contributed by atoms with E-state index in [9.17, 15) is 5.11 Å². The Morgan fingerprint density at radius 2 is 2.05 bits per heavy atom. The van der Waals surface area contributed by atoms with Crippen molar-refractivity contribution in [1.82, 2.24) is 5.32 Å². The molecule has 3 nitrogen and oxygen atoms in total. The van der Waals surface area contributed by atoms with Gasteiger partial charge in [0.2, 0.25) is 0 Å². The van der Waals surface area contributed by atoms with Gasteiger partial charge >= 0.3 is 0 Å². The normalized spacial score (nSPS) is 33.4. The van der Waals surface area contributed by atoms with Gasteiger partial charge in [0.25, 0.3) is 0 Å². The molecule has 4 heteroatoms. The summed E-state index contributed by atoms with van der Waals surface area (Å²) >= 11 is 3.57. The molecule has 2 saturated heterocycles. The molecule has 2 heterocycles. The summed E-state index contributed by atoms with van der Waals surface area (Å²) in [5.74, 6) is 0.846. The van der Waals surface area contributed by atoms with Gasteiger partial charge in [-0.2, -0.15) is 0 Å². The standard InChI is InChI=1S/C15H20BrNO2/c1-19-13-4-5-14(16)10(6-13)7-15(18)8-11-2-3-12(9-15)17-11/h4-6,11-12,17-18H,2-3,7-9H2,1H3. The zero-order valence-electron chi connectivity index (χ0n) is 11.2. The third-order valence-electron chi connectivity index (χ3n) is 4.36. The molecule has 2 aliphatic rings. The molecule has 2 unspecified atom stereocenters. The van der Waals surface area contributed by atoms with Gasteiger partial charge in [0, 0.05) is 23.0 Å². The topological polar surface area (TPSA) is 41.5 Å². The largest absolute Gasteiger partial charge is 0.497 e. The highest BCUT2D eigenvalue weighted by atomic mass is 79.9. The minimum Gasteiger partial charge on any atom is -0.497 e. The molecule has 0 spiro atoms. The molecule has 19 heavy (non-hydrogen) atoms. The van der Waals surface area contributed by atoms with Crippen molar-refractivity contribution in [3.8, 4) is 5.75 Å². The highest BCUT2D eigenvalue weighted by Crippen LogP contribution is 2.37. The van der Waals surface area contributed by atoms with Gasteiger partial charge in [0.05, 0.1) is 12.7 Å². The molecular formula is C15H20BrNO2. The van der Waals surface area contributed by atoms with E-state index in [2.05, 4.69) is 21.2 Å². The van der Waals surface area contributed by atoms with Crippen LogP contribution in [-0.2, 0) is 6.42 Å². The van der Waals surface area contributed by atoms with Crippen LogP contribution < -0.4 is 10.1 Å². The summed E-state index contributed by atoms with van der Waals surface area (Å²) in [5.41, 5.74) is 0.551. The average Bonchev–Trinajstić information content (AvgIpc) is 2.72. The van der Waals surface area contributed by atoms with E-state index in [0.717, 1.165) is 28.6 Å². The van der Waals surface area contributed by atoms with Gasteiger partial charge in [-0.25, -0.2) is 0 Å². The molecule has 0 aliphatic carbocycles. The fourth-order valence-corrected chi connectivity index (χ4v) is 3.92. The van der Waals surface area contributed by atoms with Crippen molar-refractivity contribution in [2.24, 2.45) is 0 Å². The Bertz CT molecular complexity index is 465. The number of aliphatic hydroxyl groups is 1. The Morgan fingerprint density at radius 1 is 1.37 bits per heavy atom. The third-order valence-corrected chi connectivity index (χ3v) is 5.13. The Kier molecular flexibility index (Phi) is 3.58. The zero-order chi connectivity index (χ0) is 13.5. The molecule has 2 N–H and O–H groups in total. The van der Waals surface area contributed by atoms with Crippen molar-refractivity contribution in [2.75, 3.05) is 7.11 Å². The van der Waals surface area contributed by atoms with Crippen LogP contribution in [0.5, 0.6) is 5.75 Å². The van der Waals surface area contributed by atoms with Crippen LogP contribution in [0, 0.1) is 0 Å². The molecule has 1 aromatic rings. The summed E-state index contributed by atoms with van der Waals surface area (Å²) in [6, 6.07) is 6.93. The number of halogens is 1. The van der Waals surface area contributed by atoms with Gasteiger partial charge < -0.3 is 15.2 Å². The number of hydrogen-bond donors (Lipinski definition) is 2. The first kappa shape index (κ1) is 13.4. The predicted molar refractivity (Wildman–Crippen MR) is 78.5 cm³/mol. The van der Waals surface area contributed by atoms with Crippen molar-refractivity contribution in [2.45, 2.75) is 49.8 Å². The maximum atomic E-state index is 10.9. The van der Waals surface area contributed by atoms with E-state index in [4.69, 9.17) is 4.74 Å². The fourth-order valence-electron chi connectivity index (χ4n) is 3.54. The van der Waals surface area contributed by atoms with Crippen LogP contribution in [0.25, 0.3) is 0 Å². The van der Waals surface area contributed by atoms with E-state index in [0.29, 0.717) is 18.5 Å². The molecule has 0 saturated carbocycles. The second-order valence-electron chi connectivity index (χ2n) is 5.90. The van der Waals surface area contributed by atoms with Crippen LogP contribution >= 0.6 is 15.9 Å². The van der Waals surface area contributed by atoms with Crippen molar-refractivity contribution < 1.29 is 9.84 Å². The Balaban J connectivity index is 1.80. The summed E-state index contributed by atoms with van der Waals surface area (Å²) in [4.78, 5) is 0. The number of nitrogens with one attached hydrogen (secondary N) is 1. The second kappa shape index (κ2) is 5.08. The molecule has 2 bridgehead atoms. The third kappa shape index (κ3) is 2.81. The first-order valence-electron chi connectivity index (χ1n) is 6.89. The van der Waals surface area contributed by atoms with Crippen LogP contribution in [0.2, 0.25) is 0 Å². The fraction of sp³-hybridized carbons (Fsp3) is 0.600. The maximum absolute atomic E-state index is 10.9. The number of ether oxygens (including phenoxy) is 1. The molecular weight excluding hydrogens is 306 g/mol.